The van der Waals surface area contributed by atoms with E-state index in [0.717, 1.165) is 96.3 Å². The summed E-state index contributed by atoms with van der Waals surface area (Å²) in [7, 11) is 0. The first kappa shape index (κ1) is 63.6. The predicted molar refractivity (Wildman–Crippen MR) is 281 cm³/mol. The van der Waals surface area contributed by atoms with E-state index < -0.39 is 12.0 Å². The van der Waals surface area contributed by atoms with Gasteiger partial charge in [-0.25, -0.2) is 0 Å². The van der Waals surface area contributed by atoms with Crippen molar-refractivity contribution in [2.75, 3.05) is 26.4 Å². The Hall–Kier alpha value is -2.41. The van der Waals surface area contributed by atoms with E-state index in [1.807, 2.05) is 0 Å². The molecule has 0 aliphatic carbocycles. The number of rotatable bonds is 52. The van der Waals surface area contributed by atoms with Gasteiger partial charge in [-0.1, -0.05) is 211 Å². The highest BCUT2D eigenvalue weighted by Crippen LogP contribution is 2.22. The van der Waals surface area contributed by atoms with Crippen molar-refractivity contribution < 1.29 is 33.7 Å². The number of aliphatic hydroxyl groups is 1. The molecule has 0 saturated carbocycles. The molecule has 0 bridgehead atoms. The fraction of sp³-hybridized carbons (Fsp3) is 0.847. The number of carbonyl (C=O) groups is 3. The van der Waals surface area contributed by atoms with E-state index >= 15 is 0 Å². The van der Waals surface area contributed by atoms with Crippen molar-refractivity contribution in [2.24, 2.45) is 5.41 Å². The van der Waals surface area contributed by atoms with Crippen molar-refractivity contribution >= 4 is 17.9 Å². The second-order valence-corrected chi connectivity index (χ2v) is 19.6. The van der Waals surface area contributed by atoms with Gasteiger partial charge in [0.15, 0.2) is 0 Å². The van der Waals surface area contributed by atoms with Gasteiger partial charge in [-0.05, 0) is 96.3 Å². The van der Waals surface area contributed by atoms with Crippen molar-refractivity contribution in [1.82, 2.24) is 0 Å². The zero-order valence-corrected chi connectivity index (χ0v) is 43.9. The van der Waals surface area contributed by atoms with Gasteiger partial charge >= 0.3 is 17.9 Å². The van der Waals surface area contributed by atoms with Crippen LogP contribution in [0.4, 0.5) is 0 Å². The summed E-state index contributed by atoms with van der Waals surface area (Å²) in [6.45, 7) is 5.82. The minimum atomic E-state index is -1.20. The minimum Gasteiger partial charge on any atom is -0.465 e. The zero-order chi connectivity index (χ0) is 48.1. The van der Waals surface area contributed by atoms with Gasteiger partial charge in [-0.2, -0.15) is 0 Å². The Morgan fingerprint density at radius 1 is 0.318 bits per heavy atom. The van der Waals surface area contributed by atoms with E-state index in [4.69, 9.17) is 14.2 Å². The Kier molecular flexibility index (Phi) is 50.1. The number of allylic oxidation sites excluding steroid dienone is 6. The third-order valence-corrected chi connectivity index (χ3v) is 12.9. The highest BCUT2D eigenvalue weighted by Gasteiger charge is 2.35. The first-order valence-electron chi connectivity index (χ1n) is 28.5. The van der Waals surface area contributed by atoms with Crippen LogP contribution in [0.15, 0.2) is 36.5 Å². The quantitative estimate of drug-likeness (QED) is 0.0281. The molecule has 0 aromatic rings. The Labute approximate surface area is 408 Å². The van der Waals surface area contributed by atoms with E-state index in [2.05, 4.69) is 57.2 Å². The van der Waals surface area contributed by atoms with Crippen LogP contribution in [0, 0.1) is 5.41 Å². The molecule has 0 amide bonds. The predicted octanol–water partition coefficient (Wildman–Crippen LogP) is 17.7. The van der Waals surface area contributed by atoms with Gasteiger partial charge in [0.25, 0.3) is 0 Å². The second kappa shape index (κ2) is 52.0. The number of carbonyl (C=O) groups excluding carboxylic acids is 3. The average molecular weight is 930 g/mol. The Bertz CT molecular complexity index is 1010. The molecule has 0 radical (unpaired) electrons. The third-order valence-electron chi connectivity index (χ3n) is 12.9. The maximum absolute atomic E-state index is 12.8. The molecule has 0 spiro atoms. The molecule has 7 heteroatoms. The number of ether oxygens (including phenoxy) is 3. The first-order chi connectivity index (χ1) is 32.4. The van der Waals surface area contributed by atoms with Crippen molar-refractivity contribution in [3.05, 3.63) is 36.5 Å². The number of hydrogen-bond acceptors (Lipinski definition) is 7. The minimum absolute atomic E-state index is 0.172. The molecule has 66 heavy (non-hydrogen) atoms. The molecule has 0 fully saturated rings. The molecule has 0 atom stereocenters. The van der Waals surface area contributed by atoms with Crippen LogP contribution in [0.5, 0.6) is 0 Å². The van der Waals surface area contributed by atoms with Gasteiger partial charge in [0.05, 0.1) is 12.0 Å². The summed E-state index contributed by atoms with van der Waals surface area (Å²) < 4.78 is 17.0. The molecule has 0 rings (SSSR count). The third kappa shape index (κ3) is 46.7. The van der Waals surface area contributed by atoms with E-state index in [-0.39, 0.29) is 37.7 Å². The Balaban J connectivity index is 4.62. The Morgan fingerprint density at radius 2 is 0.515 bits per heavy atom. The lowest BCUT2D eigenvalue weighted by molar-refractivity contribution is -0.165. The summed E-state index contributed by atoms with van der Waals surface area (Å²) in [5.74, 6) is -1.03. The SMILES string of the molecule is CCCCCCCCC=CCCCCCCCC(=O)OCC(CO)(COC(=O)CCCCCCCC=CCCCCCCCC)COC(=O)CCCCCCC/C=C/CCCCCCCC. The Morgan fingerprint density at radius 3 is 0.727 bits per heavy atom. The molecule has 0 heterocycles. The summed E-state index contributed by atoms with van der Waals surface area (Å²) in [6.07, 6.45) is 61.1. The van der Waals surface area contributed by atoms with Crippen molar-refractivity contribution in [2.45, 2.75) is 290 Å². The maximum Gasteiger partial charge on any atom is 0.305 e. The van der Waals surface area contributed by atoms with Gasteiger partial charge in [0.2, 0.25) is 0 Å². The number of unbranched alkanes of at least 4 members (excludes halogenated alkanes) is 33. The lowest BCUT2D eigenvalue weighted by Crippen LogP contribution is -2.42. The lowest BCUT2D eigenvalue weighted by Gasteiger charge is -2.30. The molecule has 7 nitrogen and oxygen atoms in total. The topological polar surface area (TPSA) is 99.1 Å². The molecule has 1 N–H and O–H groups in total. The van der Waals surface area contributed by atoms with Gasteiger partial charge in [-0.15, -0.1) is 0 Å². The standard InChI is InChI=1S/C59H108O7/c1-4-7-10-13-16-19-22-25-28-31-34-37-40-43-46-49-56(61)64-53-59(52-60,54-65-57(62)50-47-44-41-38-35-32-29-26-23-20-17-14-11-8-5-2)55-66-58(63)51-48-45-42-39-36-33-30-27-24-21-18-15-12-9-6-3/h25-30,60H,4-24,31-55H2,1-3H3/b28-25+,29-26?,30-27?. The second-order valence-electron chi connectivity index (χ2n) is 19.6. The van der Waals surface area contributed by atoms with E-state index in [1.165, 1.54) is 154 Å². The van der Waals surface area contributed by atoms with Crippen LogP contribution in [0.3, 0.4) is 0 Å². The molecule has 0 aliphatic rings. The monoisotopic (exact) mass is 929 g/mol. The van der Waals surface area contributed by atoms with Gasteiger partial charge in [-0.3, -0.25) is 14.4 Å². The van der Waals surface area contributed by atoms with E-state index in [9.17, 15) is 19.5 Å². The average Bonchev–Trinajstić information content (AvgIpc) is 3.32. The molecule has 0 saturated heterocycles. The molecule has 0 aliphatic heterocycles. The van der Waals surface area contributed by atoms with Gasteiger partial charge in [0.1, 0.15) is 19.8 Å². The highest BCUT2D eigenvalue weighted by atomic mass is 16.6. The molecular formula is C59H108O7. The van der Waals surface area contributed by atoms with Crippen LogP contribution in [0.1, 0.15) is 290 Å². The number of hydrogen-bond donors (Lipinski definition) is 1. The molecule has 386 valence electrons. The maximum atomic E-state index is 12.8. The molecule has 0 unspecified atom stereocenters. The summed E-state index contributed by atoms with van der Waals surface area (Å²) in [4.78, 5) is 38.4. The summed E-state index contributed by atoms with van der Waals surface area (Å²) in [5, 5.41) is 10.6. The fourth-order valence-electron chi connectivity index (χ4n) is 8.20. The largest absolute Gasteiger partial charge is 0.465 e. The van der Waals surface area contributed by atoms with Crippen LogP contribution < -0.4 is 0 Å². The lowest BCUT2D eigenvalue weighted by atomic mass is 9.92. The van der Waals surface area contributed by atoms with Crippen molar-refractivity contribution in [1.29, 1.82) is 0 Å². The van der Waals surface area contributed by atoms with Crippen molar-refractivity contribution in [3.8, 4) is 0 Å². The number of esters is 3. The normalized spacial score (nSPS) is 12.7. The fourth-order valence-corrected chi connectivity index (χ4v) is 8.20. The molecule has 0 aromatic carbocycles. The highest BCUT2D eigenvalue weighted by molar-refractivity contribution is 5.70. The molecule has 0 aromatic heterocycles. The number of aliphatic hydroxyl groups excluding tert-OH is 1. The molecular weight excluding hydrogens is 821 g/mol. The zero-order valence-electron chi connectivity index (χ0n) is 43.9. The van der Waals surface area contributed by atoms with Crippen LogP contribution in [-0.2, 0) is 28.6 Å². The van der Waals surface area contributed by atoms with Crippen LogP contribution in [0.25, 0.3) is 0 Å². The van der Waals surface area contributed by atoms with Gasteiger partial charge < -0.3 is 19.3 Å². The van der Waals surface area contributed by atoms with Crippen LogP contribution in [0.2, 0.25) is 0 Å². The summed E-state index contributed by atoms with van der Waals surface area (Å²) in [5.41, 5.74) is -1.20. The van der Waals surface area contributed by atoms with Gasteiger partial charge in [0, 0.05) is 19.3 Å². The van der Waals surface area contributed by atoms with Crippen LogP contribution >= 0.6 is 0 Å². The van der Waals surface area contributed by atoms with Crippen molar-refractivity contribution in [3.63, 3.8) is 0 Å². The van der Waals surface area contributed by atoms with E-state index in [0.29, 0.717) is 19.3 Å². The summed E-state index contributed by atoms with van der Waals surface area (Å²) >= 11 is 0. The van der Waals surface area contributed by atoms with E-state index in [1.54, 1.807) is 0 Å². The summed E-state index contributed by atoms with van der Waals surface area (Å²) in [6, 6.07) is 0. The first-order valence-corrected chi connectivity index (χ1v) is 28.5. The smallest absolute Gasteiger partial charge is 0.305 e. The van der Waals surface area contributed by atoms with Crippen LogP contribution in [-0.4, -0.2) is 49.4 Å².